The molecule has 0 aromatic heterocycles. The molecule has 0 saturated carbocycles. The summed E-state index contributed by atoms with van der Waals surface area (Å²) in [5.41, 5.74) is 0.114. The number of halogens is 2. The number of hydrogen-bond acceptors (Lipinski definition) is 6. The lowest BCUT2D eigenvalue weighted by Crippen LogP contribution is -2.28. The summed E-state index contributed by atoms with van der Waals surface area (Å²) in [5.74, 6) is -1.18. The Bertz CT molecular complexity index is 1010. The molecule has 3 rings (SSSR count). The number of nitro benzene ring substituents is 1. The third-order valence-electron chi connectivity index (χ3n) is 3.95. The largest absolute Gasteiger partial charge is 0.490 e. The van der Waals surface area contributed by atoms with Crippen LogP contribution in [0.25, 0.3) is 6.08 Å². The van der Waals surface area contributed by atoms with Crippen molar-refractivity contribution in [1.82, 2.24) is 4.90 Å². The van der Waals surface area contributed by atoms with Crippen LogP contribution in [0.1, 0.15) is 11.1 Å². The molecule has 1 aliphatic rings. The van der Waals surface area contributed by atoms with E-state index in [0.29, 0.717) is 17.3 Å². The molecule has 2 aromatic rings. The fourth-order valence-electron chi connectivity index (χ4n) is 2.57. The van der Waals surface area contributed by atoms with Crippen molar-refractivity contribution in [1.29, 1.82) is 0 Å². The molecular weight excluding hydrogens is 411 g/mol. The molecule has 1 heterocycles. The highest BCUT2D eigenvalue weighted by Gasteiger charge is 2.36. The molecule has 0 bridgehead atoms. The normalized spacial score (nSPS) is 15.4. The van der Waals surface area contributed by atoms with Gasteiger partial charge in [-0.15, -0.1) is 0 Å². The van der Waals surface area contributed by atoms with E-state index in [0.717, 1.165) is 4.90 Å². The number of methoxy groups -OCH3 is 1. The molecule has 0 aliphatic carbocycles. The van der Waals surface area contributed by atoms with E-state index in [1.807, 2.05) is 0 Å². The zero-order chi connectivity index (χ0) is 20.4. The molecule has 28 heavy (non-hydrogen) atoms. The number of hydrogen-bond donors (Lipinski definition) is 0. The van der Waals surface area contributed by atoms with Crippen molar-refractivity contribution in [2.75, 3.05) is 7.11 Å². The van der Waals surface area contributed by atoms with Gasteiger partial charge in [0.05, 0.1) is 23.5 Å². The molecule has 144 valence electrons. The molecule has 0 N–H and O–H groups in total. The maximum Gasteiger partial charge on any atom is 0.311 e. The van der Waals surface area contributed by atoms with E-state index < -0.39 is 21.9 Å². The van der Waals surface area contributed by atoms with Crippen molar-refractivity contribution in [2.45, 2.75) is 6.54 Å². The van der Waals surface area contributed by atoms with Crippen molar-refractivity contribution < 1.29 is 23.6 Å². The first-order valence-corrected chi connectivity index (χ1v) is 9.02. The second kappa shape index (κ2) is 7.99. The molecule has 10 heteroatoms. The SMILES string of the molecule is COc1ccc(/C=C2/SC(=O)N(Cc3c(F)cccc3Cl)C2=O)cc1[N+](=O)[O-]. The fraction of sp³-hybridized carbons (Fsp3) is 0.111. The van der Waals surface area contributed by atoms with Gasteiger partial charge in [0.1, 0.15) is 5.82 Å². The quantitative estimate of drug-likeness (QED) is 0.396. The average molecular weight is 423 g/mol. The van der Waals surface area contributed by atoms with Crippen molar-refractivity contribution >= 4 is 46.3 Å². The lowest BCUT2D eigenvalue weighted by molar-refractivity contribution is -0.385. The number of thioether (sulfide) groups is 1. The fourth-order valence-corrected chi connectivity index (χ4v) is 3.63. The maximum absolute atomic E-state index is 14.0. The number of carbonyl (C=O) groups is 2. The first-order valence-electron chi connectivity index (χ1n) is 7.82. The van der Waals surface area contributed by atoms with E-state index in [1.165, 1.54) is 49.6 Å². The van der Waals surface area contributed by atoms with E-state index >= 15 is 0 Å². The van der Waals surface area contributed by atoms with Crippen LogP contribution in [0.4, 0.5) is 14.9 Å². The van der Waals surface area contributed by atoms with Gasteiger partial charge >= 0.3 is 5.69 Å². The highest BCUT2D eigenvalue weighted by atomic mass is 35.5. The molecular formula is C18H12ClFN2O5S. The van der Waals surface area contributed by atoms with Gasteiger partial charge in [-0.05, 0) is 41.6 Å². The summed E-state index contributed by atoms with van der Waals surface area (Å²) in [6.45, 7) is -0.309. The van der Waals surface area contributed by atoms with Crippen LogP contribution < -0.4 is 4.74 Å². The smallest absolute Gasteiger partial charge is 0.311 e. The molecule has 7 nitrogen and oxygen atoms in total. The van der Waals surface area contributed by atoms with Gasteiger partial charge in [0, 0.05) is 16.7 Å². The molecule has 0 spiro atoms. The number of amides is 2. The number of benzene rings is 2. The summed E-state index contributed by atoms with van der Waals surface area (Å²) in [4.78, 5) is 36.3. The zero-order valence-electron chi connectivity index (χ0n) is 14.3. The van der Waals surface area contributed by atoms with Gasteiger partial charge in [-0.3, -0.25) is 24.6 Å². The van der Waals surface area contributed by atoms with Crippen LogP contribution in [0.2, 0.25) is 5.02 Å². The Hall–Kier alpha value is -2.91. The Morgan fingerprint density at radius 3 is 2.71 bits per heavy atom. The van der Waals surface area contributed by atoms with E-state index in [4.69, 9.17) is 16.3 Å². The van der Waals surface area contributed by atoms with Crippen LogP contribution in [0.5, 0.6) is 5.75 Å². The standard InChI is InChI=1S/C18H12ClFN2O5S/c1-27-15-6-5-10(7-14(15)22(25)26)8-16-17(23)21(18(24)28-16)9-11-12(19)3-2-4-13(11)20/h2-8H,9H2,1H3/b16-8+. The van der Waals surface area contributed by atoms with Gasteiger partial charge in [-0.1, -0.05) is 23.7 Å². The zero-order valence-corrected chi connectivity index (χ0v) is 15.9. The lowest BCUT2D eigenvalue weighted by Gasteiger charge is -2.14. The Kier molecular flexibility index (Phi) is 5.66. The Labute approximate surface area is 167 Å². The van der Waals surface area contributed by atoms with Gasteiger partial charge < -0.3 is 4.74 Å². The molecule has 1 fully saturated rings. The molecule has 2 aromatic carbocycles. The van der Waals surface area contributed by atoms with Crippen LogP contribution >= 0.6 is 23.4 Å². The Balaban J connectivity index is 1.89. The monoisotopic (exact) mass is 422 g/mol. The number of nitrogens with zero attached hydrogens (tertiary/aromatic N) is 2. The molecule has 0 atom stereocenters. The van der Waals surface area contributed by atoms with E-state index in [-0.39, 0.29) is 33.5 Å². The minimum absolute atomic E-state index is 0.0350. The minimum atomic E-state index is -0.632. The van der Waals surface area contributed by atoms with Crippen LogP contribution in [-0.4, -0.2) is 28.1 Å². The Morgan fingerprint density at radius 1 is 1.32 bits per heavy atom. The number of nitro groups is 1. The highest BCUT2D eigenvalue weighted by molar-refractivity contribution is 8.18. The average Bonchev–Trinajstić information content (AvgIpc) is 2.91. The van der Waals surface area contributed by atoms with Gasteiger partial charge in [0.2, 0.25) is 0 Å². The van der Waals surface area contributed by atoms with Crippen molar-refractivity contribution in [3.8, 4) is 5.75 Å². The summed E-state index contributed by atoms with van der Waals surface area (Å²) in [5, 5.41) is 10.6. The van der Waals surface area contributed by atoms with Crippen molar-refractivity contribution in [3.63, 3.8) is 0 Å². The van der Waals surface area contributed by atoms with Gasteiger partial charge in [-0.25, -0.2) is 4.39 Å². The first-order chi connectivity index (χ1) is 13.3. The third kappa shape index (κ3) is 3.85. The summed E-state index contributed by atoms with van der Waals surface area (Å²) in [7, 11) is 1.31. The first kappa shape index (κ1) is 19.8. The summed E-state index contributed by atoms with van der Waals surface area (Å²) in [6.07, 6.45) is 1.36. The molecule has 1 aliphatic heterocycles. The predicted octanol–water partition coefficient (Wildman–Crippen LogP) is 4.63. The molecule has 0 radical (unpaired) electrons. The topological polar surface area (TPSA) is 89.8 Å². The maximum atomic E-state index is 14.0. The van der Waals surface area contributed by atoms with Gasteiger partial charge in [0.15, 0.2) is 5.75 Å². The van der Waals surface area contributed by atoms with Crippen molar-refractivity contribution in [3.05, 3.63) is 73.4 Å². The summed E-state index contributed by atoms with van der Waals surface area (Å²) in [6, 6.07) is 8.23. The Morgan fingerprint density at radius 2 is 2.07 bits per heavy atom. The molecule has 0 unspecified atom stereocenters. The second-order valence-electron chi connectivity index (χ2n) is 5.66. The summed E-state index contributed by atoms with van der Waals surface area (Å²) < 4.78 is 18.9. The van der Waals surface area contributed by atoms with E-state index in [1.54, 1.807) is 0 Å². The van der Waals surface area contributed by atoms with Gasteiger partial charge in [-0.2, -0.15) is 0 Å². The molecule has 1 saturated heterocycles. The van der Waals surface area contributed by atoms with Crippen LogP contribution in [0, 0.1) is 15.9 Å². The van der Waals surface area contributed by atoms with Crippen LogP contribution in [-0.2, 0) is 11.3 Å². The third-order valence-corrected chi connectivity index (χ3v) is 5.21. The number of rotatable bonds is 5. The predicted molar refractivity (Wildman–Crippen MR) is 103 cm³/mol. The van der Waals surface area contributed by atoms with Gasteiger partial charge in [0.25, 0.3) is 11.1 Å². The number of imide groups is 1. The van der Waals surface area contributed by atoms with Crippen LogP contribution in [0.15, 0.2) is 41.3 Å². The lowest BCUT2D eigenvalue weighted by atomic mass is 10.1. The number of ether oxygens (including phenoxy) is 1. The summed E-state index contributed by atoms with van der Waals surface area (Å²) >= 11 is 6.62. The number of carbonyl (C=O) groups excluding carboxylic acids is 2. The van der Waals surface area contributed by atoms with Crippen LogP contribution in [0.3, 0.4) is 0 Å². The van der Waals surface area contributed by atoms with E-state index in [9.17, 15) is 24.1 Å². The van der Waals surface area contributed by atoms with E-state index in [2.05, 4.69) is 0 Å². The van der Waals surface area contributed by atoms with Crippen molar-refractivity contribution in [2.24, 2.45) is 0 Å². The minimum Gasteiger partial charge on any atom is -0.490 e. The second-order valence-corrected chi connectivity index (χ2v) is 7.06. The molecule has 2 amide bonds. The highest BCUT2D eigenvalue weighted by Crippen LogP contribution is 2.36.